The van der Waals surface area contributed by atoms with Gasteiger partial charge in [-0.25, -0.2) is 9.78 Å². The average Bonchev–Trinajstić information content (AvgIpc) is 3.41. The molecule has 7 nitrogen and oxygen atoms in total. The molecule has 3 aromatic rings. The zero-order chi connectivity index (χ0) is 22.2. The molecule has 32 heavy (non-hydrogen) atoms. The highest BCUT2D eigenvalue weighted by atomic mass is 32.1. The first-order chi connectivity index (χ1) is 15.6. The van der Waals surface area contributed by atoms with E-state index < -0.39 is 11.9 Å². The molecule has 0 bridgehead atoms. The molecular weight excluding hydrogens is 426 g/mol. The van der Waals surface area contributed by atoms with Crippen LogP contribution in [-0.4, -0.2) is 27.9 Å². The van der Waals surface area contributed by atoms with Gasteiger partial charge in [0.15, 0.2) is 5.78 Å². The lowest BCUT2D eigenvalue weighted by atomic mass is 9.80. The lowest BCUT2D eigenvalue weighted by Crippen LogP contribution is -2.31. The van der Waals surface area contributed by atoms with Crippen LogP contribution >= 0.6 is 11.3 Å². The minimum atomic E-state index is -0.566. The number of esters is 1. The number of hydrogen-bond acceptors (Lipinski definition) is 7. The van der Waals surface area contributed by atoms with Gasteiger partial charge in [0, 0.05) is 29.8 Å². The number of imidazole rings is 1. The number of Topliss-reactive ketones (excluding diaryl/α,β-unsaturated/α-hetero) is 1. The van der Waals surface area contributed by atoms with Crippen molar-refractivity contribution in [3.63, 3.8) is 0 Å². The molecule has 1 atom stereocenters. The molecule has 0 unspecified atom stereocenters. The summed E-state index contributed by atoms with van der Waals surface area (Å²) < 4.78 is 13.1. The number of thiophene rings is 1. The first-order valence-corrected chi connectivity index (χ1v) is 11.5. The van der Waals surface area contributed by atoms with E-state index in [1.807, 2.05) is 42.0 Å². The van der Waals surface area contributed by atoms with Crippen molar-refractivity contribution in [1.82, 2.24) is 9.55 Å². The van der Waals surface area contributed by atoms with Gasteiger partial charge < -0.3 is 19.8 Å². The van der Waals surface area contributed by atoms with Crippen LogP contribution in [0.2, 0.25) is 0 Å². The van der Waals surface area contributed by atoms with Crippen LogP contribution in [0.4, 0.5) is 0 Å². The Morgan fingerprint density at radius 3 is 3.03 bits per heavy atom. The number of hydrogen-bond donors (Lipinski definition) is 1. The normalized spacial score (nSPS) is 18.7. The van der Waals surface area contributed by atoms with E-state index in [-0.39, 0.29) is 23.8 Å². The van der Waals surface area contributed by atoms with E-state index in [2.05, 4.69) is 9.55 Å². The molecule has 1 aliphatic carbocycles. The highest BCUT2D eigenvalue weighted by Gasteiger charge is 2.41. The van der Waals surface area contributed by atoms with Gasteiger partial charge in [-0.05, 0) is 42.5 Å². The Balaban J connectivity index is 1.54. The molecule has 1 aromatic carbocycles. The minimum Gasteiger partial charge on any atom is -0.462 e. The molecule has 3 heterocycles. The summed E-state index contributed by atoms with van der Waals surface area (Å²) in [6, 6.07) is 10.0. The fraction of sp³-hybridized carbons (Fsp3) is 0.292. The van der Waals surface area contributed by atoms with Gasteiger partial charge in [-0.1, -0.05) is 12.1 Å². The van der Waals surface area contributed by atoms with Crippen molar-refractivity contribution in [3.05, 3.63) is 75.3 Å². The Hall–Kier alpha value is -3.39. The molecular formula is C24H23N3O4S. The van der Waals surface area contributed by atoms with Gasteiger partial charge in [0.1, 0.15) is 11.3 Å². The van der Waals surface area contributed by atoms with Gasteiger partial charge in [0.25, 0.3) is 0 Å². The van der Waals surface area contributed by atoms with Crippen LogP contribution in [-0.2, 0) is 25.6 Å². The molecule has 8 heteroatoms. The van der Waals surface area contributed by atoms with E-state index in [9.17, 15) is 9.59 Å². The van der Waals surface area contributed by atoms with Crippen LogP contribution in [0, 0.1) is 0 Å². The molecule has 0 fully saturated rings. The van der Waals surface area contributed by atoms with Crippen LogP contribution in [0.1, 0.15) is 42.5 Å². The van der Waals surface area contributed by atoms with Crippen molar-refractivity contribution in [2.75, 3.05) is 6.61 Å². The van der Waals surface area contributed by atoms with Crippen LogP contribution in [0.5, 0.6) is 0 Å². The summed E-state index contributed by atoms with van der Waals surface area (Å²) in [4.78, 5) is 31.0. The lowest BCUT2D eigenvalue weighted by molar-refractivity contribution is -0.139. The van der Waals surface area contributed by atoms with Gasteiger partial charge in [-0.2, -0.15) is 0 Å². The van der Waals surface area contributed by atoms with Gasteiger partial charge in [-0.3, -0.25) is 4.79 Å². The molecule has 0 saturated heterocycles. The standard InChI is InChI=1S/C24H23N3O4S/c1-2-30-24(29)22-21(20-17(28)8-5-9-18(20)31-23(22)25)19-10-14(12-32-19)11-27-13-26-15-6-3-4-7-16(15)27/h3-4,6-7,10,12-13,21H,2,5,8-9,11,25H2,1H3/t21-/m1/s1. The van der Waals surface area contributed by atoms with Crippen molar-refractivity contribution >= 4 is 34.1 Å². The number of benzene rings is 1. The topological polar surface area (TPSA) is 96.4 Å². The highest BCUT2D eigenvalue weighted by Crippen LogP contribution is 2.45. The number of aromatic nitrogens is 2. The third-order valence-corrected chi connectivity index (χ3v) is 6.86. The number of ether oxygens (including phenoxy) is 2. The number of nitrogens with two attached hydrogens (primary N) is 1. The Labute approximate surface area is 189 Å². The van der Waals surface area contributed by atoms with Crippen molar-refractivity contribution in [2.24, 2.45) is 5.73 Å². The first-order valence-electron chi connectivity index (χ1n) is 10.6. The second-order valence-electron chi connectivity index (χ2n) is 7.87. The van der Waals surface area contributed by atoms with Crippen LogP contribution in [0.15, 0.2) is 64.8 Å². The van der Waals surface area contributed by atoms with Gasteiger partial charge in [-0.15, -0.1) is 11.3 Å². The number of fused-ring (bicyclic) bond motifs is 1. The Kier molecular flexibility index (Phi) is 5.30. The van der Waals surface area contributed by atoms with Gasteiger partial charge >= 0.3 is 5.97 Å². The predicted molar refractivity (Wildman–Crippen MR) is 121 cm³/mol. The van der Waals surface area contributed by atoms with Crippen LogP contribution in [0.3, 0.4) is 0 Å². The fourth-order valence-corrected chi connectivity index (χ4v) is 5.43. The molecule has 164 valence electrons. The Morgan fingerprint density at radius 1 is 1.34 bits per heavy atom. The molecule has 0 radical (unpaired) electrons. The number of allylic oxidation sites excluding steroid dienone is 2. The van der Waals surface area contributed by atoms with Gasteiger partial charge in [0.05, 0.1) is 29.9 Å². The molecule has 2 aromatic heterocycles. The Bertz CT molecular complexity index is 1280. The predicted octanol–water partition coefficient (Wildman–Crippen LogP) is 4.00. The molecule has 0 spiro atoms. The van der Waals surface area contributed by atoms with E-state index in [1.54, 1.807) is 6.92 Å². The third kappa shape index (κ3) is 3.50. The number of rotatable bonds is 5. The maximum atomic E-state index is 12.9. The number of carbonyl (C=O) groups is 2. The van der Waals surface area contributed by atoms with E-state index in [4.69, 9.17) is 15.2 Å². The van der Waals surface area contributed by atoms with E-state index >= 15 is 0 Å². The van der Waals surface area contributed by atoms with E-state index in [0.29, 0.717) is 30.7 Å². The average molecular weight is 450 g/mol. The van der Waals surface area contributed by atoms with E-state index in [0.717, 1.165) is 27.9 Å². The number of carbonyl (C=O) groups excluding carboxylic acids is 2. The zero-order valence-corrected chi connectivity index (χ0v) is 18.5. The maximum absolute atomic E-state index is 12.9. The highest BCUT2D eigenvalue weighted by molar-refractivity contribution is 7.10. The van der Waals surface area contributed by atoms with E-state index in [1.165, 1.54) is 11.3 Å². The van der Waals surface area contributed by atoms with Crippen LogP contribution in [0.25, 0.3) is 11.0 Å². The molecule has 0 amide bonds. The SMILES string of the molecule is CCOC(=O)C1=C(N)OC2=C(C(=O)CCC2)[C@H]1c1cc(Cn2cnc3ccccc32)cs1. The summed E-state index contributed by atoms with van der Waals surface area (Å²) in [5.74, 6) is -0.509. The summed E-state index contributed by atoms with van der Waals surface area (Å²) in [5.41, 5.74) is 9.97. The molecule has 2 N–H and O–H groups in total. The molecule has 2 aliphatic rings. The monoisotopic (exact) mass is 449 g/mol. The summed E-state index contributed by atoms with van der Waals surface area (Å²) in [6.07, 6.45) is 3.61. The fourth-order valence-electron chi connectivity index (χ4n) is 4.41. The van der Waals surface area contributed by atoms with Crippen LogP contribution < -0.4 is 5.73 Å². The number of ketones is 1. The summed E-state index contributed by atoms with van der Waals surface area (Å²) in [5, 5.41) is 2.05. The van der Waals surface area contributed by atoms with Crippen molar-refractivity contribution in [2.45, 2.75) is 38.6 Å². The molecule has 1 aliphatic heterocycles. The second kappa shape index (κ2) is 8.27. The maximum Gasteiger partial charge on any atom is 0.340 e. The summed E-state index contributed by atoms with van der Waals surface area (Å²) in [6.45, 7) is 2.59. The molecule has 0 saturated carbocycles. The van der Waals surface area contributed by atoms with Crippen molar-refractivity contribution in [1.29, 1.82) is 0 Å². The van der Waals surface area contributed by atoms with Crippen molar-refractivity contribution < 1.29 is 19.1 Å². The summed E-state index contributed by atoms with van der Waals surface area (Å²) in [7, 11) is 0. The first kappa shape index (κ1) is 20.5. The quantitative estimate of drug-likeness (QED) is 0.592. The minimum absolute atomic E-state index is 0.00102. The second-order valence-corrected chi connectivity index (χ2v) is 8.81. The zero-order valence-electron chi connectivity index (χ0n) is 17.7. The lowest BCUT2D eigenvalue weighted by Gasteiger charge is -2.31. The smallest absolute Gasteiger partial charge is 0.340 e. The molecule has 5 rings (SSSR count). The number of para-hydroxylation sites is 2. The van der Waals surface area contributed by atoms with Gasteiger partial charge in [0.2, 0.25) is 5.88 Å². The Morgan fingerprint density at radius 2 is 2.19 bits per heavy atom. The number of nitrogens with zero attached hydrogens (tertiary/aromatic N) is 2. The summed E-state index contributed by atoms with van der Waals surface area (Å²) >= 11 is 1.51. The van der Waals surface area contributed by atoms with Crippen molar-refractivity contribution in [3.8, 4) is 0 Å². The third-order valence-electron chi connectivity index (χ3n) is 5.82. The largest absolute Gasteiger partial charge is 0.462 e.